The molecule has 1 atom stereocenters. The molecule has 7 nitrogen and oxygen atoms in total. The van der Waals surface area contributed by atoms with Crippen molar-refractivity contribution in [1.29, 1.82) is 0 Å². The Hall–Kier alpha value is -3.39. The molecule has 0 unspecified atom stereocenters. The Morgan fingerprint density at radius 3 is 2.77 bits per heavy atom. The van der Waals surface area contributed by atoms with E-state index in [9.17, 15) is 4.79 Å². The molecule has 0 saturated heterocycles. The molecule has 0 amide bonds. The normalized spacial score (nSPS) is 16.0. The van der Waals surface area contributed by atoms with Gasteiger partial charge >= 0.3 is 0 Å². The molecule has 0 N–H and O–H groups in total. The first kappa shape index (κ1) is 19.6. The highest BCUT2D eigenvalue weighted by Crippen LogP contribution is 2.35. The third-order valence-corrected chi connectivity index (χ3v) is 5.90. The van der Waals surface area contributed by atoms with Gasteiger partial charge in [0.1, 0.15) is 12.4 Å². The third kappa shape index (κ3) is 3.98. The maximum absolute atomic E-state index is 12.8. The van der Waals surface area contributed by atoms with Crippen LogP contribution in [0.2, 0.25) is 0 Å². The van der Waals surface area contributed by atoms with Gasteiger partial charge in [0, 0.05) is 0 Å². The van der Waals surface area contributed by atoms with Crippen molar-refractivity contribution in [3.8, 4) is 17.2 Å². The van der Waals surface area contributed by atoms with Gasteiger partial charge in [0.05, 0.1) is 11.1 Å². The lowest BCUT2D eigenvalue weighted by Gasteiger charge is -2.24. The summed E-state index contributed by atoms with van der Waals surface area (Å²) in [6.45, 7) is 3.14. The Bertz CT molecular complexity index is 1310. The number of aromatic nitrogens is 3. The van der Waals surface area contributed by atoms with Crippen molar-refractivity contribution in [3.05, 3.63) is 74.8 Å². The zero-order chi connectivity index (χ0) is 21.2. The summed E-state index contributed by atoms with van der Waals surface area (Å²) in [7, 11) is 0. The average Bonchev–Trinajstić information content (AvgIpc) is 3.34. The number of unbranched alkanes of at least 4 members (excludes halogenated alkanes) is 1. The number of hydrogen-bond acceptors (Lipinski definition) is 7. The standard InChI is InChI=1S/C23H21N3O4S/c1-2-3-12-28-16-10-8-15(9-11-16)13-20-22(27)26-23(31-20)24-21(25-26)19-14-29-17-6-4-5-7-18(17)30-19/h4-11,13,19H,2-3,12,14H2,1H3/b20-13+/t19-/m0/s1. The van der Waals surface area contributed by atoms with Crippen molar-refractivity contribution in [2.24, 2.45) is 0 Å². The summed E-state index contributed by atoms with van der Waals surface area (Å²) in [6, 6.07) is 15.2. The van der Waals surface area contributed by atoms with Crippen LogP contribution in [0.1, 0.15) is 37.3 Å². The molecule has 0 aliphatic carbocycles. The van der Waals surface area contributed by atoms with Crippen LogP contribution in [-0.4, -0.2) is 27.8 Å². The summed E-state index contributed by atoms with van der Waals surface area (Å²) in [5, 5.41) is 4.39. The second-order valence-corrected chi connectivity index (χ2v) is 8.22. The first-order valence-corrected chi connectivity index (χ1v) is 11.1. The first-order valence-electron chi connectivity index (χ1n) is 10.2. The van der Waals surface area contributed by atoms with Gasteiger partial charge in [-0.25, -0.2) is 0 Å². The van der Waals surface area contributed by atoms with Crippen molar-refractivity contribution in [2.45, 2.75) is 25.9 Å². The molecule has 2 aromatic carbocycles. The van der Waals surface area contributed by atoms with Crippen LogP contribution in [0.3, 0.4) is 0 Å². The van der Waals surface area contributed by atoms with Gasteiger partial charge in [0.25, 0.3) is 5.56 Å². The SMILES string of the molecule is CCCCOc1ccc(/C=c2/sc3nc([C@@H]4COc5ccccc5O4)nn3c2=O)cc1. The van der Waals surface area contributed by atoms with E-state index in [4.69, 9.17) is 14.2 Å². The Labute approximate surface area is 182 Å². The highest BCUT2D eigenvalue weighted by molar-refractivity contribution is 7.15. The number of thiazole rings is 1. The number of nitrogens with zero attached hydrogens (tertiary/aromatic N) is 3. The summed E-state index contributed by atoms with van der Waals surface area (Å²) in [4.78, 5) is 17.9. The van der Waals surface area contributed by atoms with Crippen molar-refractivity contribution in [1.82, 2.24) is 14.6 Å². The highest BCUT2D eigenvalue weighted by atomic mass is 32.1. The monoisotopic (exact) mass is 435 g/mol. The number of rotatable bonds is 6. The van der Waals surface area contributed by atoms with Crippen molar-refractivity contribution in [3.63, 3.8) is 0 Å². The minimum atomic E-state index is -0.450. The molecular weight excluding hydrogens is 414 g/mol. The Balaban J connectivity index is 1.37. The lowest BCUT2D eigenvalue weighted by molar-refractivity contribution is 0.0852. The van der Waals surface area contributed by atoms with Gasteiger partial charge < -0.3 is 14.2 Å². The van der Waals surface area contributed by atoms with Crippen LogP contribution in [-0.2, 0) is 0 Å². The van der Waals surface area contributed by atoms with Gasteiger partial charge in [-0.05, 0) is 42.3 Å². The quantitative estimate of drug-likeness (QED) is 0.432. The van der Waals surface area contributed by atoms with Crippen LogP contribution in [0.4, 0.5) is 0 Å². The third-order valence-electron chi connectivity index (χ3n) is 4.94. The van der Waals surface area contributed by atoms with E-state index in [0.29, 0.717) is 40.0 Å². The van der Waals surface area contributed by atoms with E-state index >= 15 is 0 Å². The van der Waals surface area contributed by atoms with Crippen LogP contribution in [0.5, 0.6) is 17.2 Å². The Morgan fingerprint density at radius 2 is 2.00 bits per heavy atom. The van der Waals surface area contributed by atoms with Gasteiger partial charge in [-0.1, -0.05) is 48.9 Å². The fourth-order valence-corrected chi connectivity index (χ4v) is 4.19. The van der Waals surface area contributed by atoms with Crippen LogP contribution < -0.4 is 24.3 Å². The lowest BCUT2D eigenvalue weighted by Crippen LogP contribution is -2.26. The predicted molar refractivity (Wildman–Crippen MR) is 118 cm³/mol. The van der Waals surface area contributed by atoms with Crippen molar-refractivity contribution >= 4 is 22.4 Å². The molecule has 0 radical (unpaired) electrons. The predicted octanol–water partition coefficient (Wildman–Crippen LogP) is 3.39. The second-order valence-electron chi connectivity index (χ2n) is 7.22. The average molecular weight is 436 g/mol. The molecule has 4 aromatic rings. The van der Waals surface area contributed by atoms with Gasteiger partial charge in [-0.3, -0.25) is 4.79 Å². The zero-order valence-electron chi connectivity index (χ0n) is 17.0. The summed E-state index contributed by atoms with van der Waals surface area (Å²) in [5.41, 5.74) is 0.726. The first-order chi connectivity index (χ1) is 15.2. The van der Waals surface area contributed by atoms with Crippen LogP contribution in [0.15, 0.2) is 53.3 Å². The van der Waals surface area contributed by atoms with E-state index in [-0.39, 0.29) is 5.56 Å². The second kappa shape index (κ2) is 8.39. The molecule has 0 spiro atoms. The van der Waals surface area contributed by atoms with E-state index in [2.05, 4.69) is 17.0 Å². The molecule has 31 heavy (non-hydrogen) atoms. The Kier molecular flexibility index (Phi) is 5.30. The maximum atomic E-state index is 12.8. The molecule has 3 heterocycles. The maximum Gasteiger partial charge on any atom is 0.291 e. The van der Waals surface area contributed by atoms with E-state index in [0.717, 1.165) is 24.2 Å². The summed E-state index contributed by atoms with van der Waals surface area (Å²) in [6.07, 6.45) is 3.52. The van der Waals surface area contributed by atoms with E-state index in [1.807, 2.05) is 54.6 Å². The number of hydrogen-bond donors (Lipinski definition) is 0. The van der Waals surface area contributed by atoms with Crippen molar-refractivity contribution < 1.29 is 14.2 Å². The summed E-state index contributed by atoms with van der Waals surface area (Å²) in [5.74, 6) is 2.62. The van der Waals surface area contributed by atoms with E-state index < -0.39 is 6.10 Å². The molecule has 158 valence electrons. The summed E-state index contributed by atoms with van der Waals surface area (Å²) < 4.78 is 19.3. The van der Waals surface area contributed by atoms with Gasteiger partial charge in [0.2, 0.25) is 4.96 Å². The van der Waals surface area contributed by atoms with Crippen LogP contribution >= 0.6 is 11.3 Å². The molecule has 1 aliphatic heterocycles. The van der Waals surface area contributed by atoms with Crippen molar-refractivity contribution in [2.75, 3.05) is 13.2 Å². The highest BCUT2D eigenvalue weighted by Gasteiger charge is 2.27. The molecular formula is C23H21N3O4S. The van der Waals surface area contributed by atoms with Gasteiger partial charge in [-0.2, -0.15) is 9.50 Å². The molecule has 0 fully saturated rings. The number of para-hydroxylation sites is 2. The molecule has 1 aliphatic rings. The summed E-state index contributed by atoms with van der Waals surface area (Å²) >= 11 is 1.30. The van der Waals surface area contributed by atoms with Crippen LogP contribution in [0, 0.1) is 0 Å². The fraction of sp³-hybridized carbons (Fsp3) is 0.261. The number of ether oxygens (including phenoxy) is 3. The van der Waals surface area contributed by atoms with E-state index in [1.165, 1.54) is 15.9 Å². The fourth-order valence-electron chi connectivity index (χ4n) is 3.28. The Morgan fingerprint density at radius 1 is 1.19 bits per heavy atom. The minimum absolute atomic E-state index is 0.195. The molecule has 2 aromatic heterocycles. The molecule has 0 bridgehead atoms. The minimum Gasteiger partial charge on any atom is -0.494 e. The molecule has 0 saturated carbocycles. The number of benzene rings is 2. The van der Waals surface area contributed by atoms with Crippen LogP contribution in [0.25, 0.3) is 11.0 Å². The van der Waals surface area contributed by atoms with E-state index in [1.54, 1.807) is 0 Å². The van der Waals surface area contributed by atoms with Gasteiger partial charge in [-0.15, -0.1) is 5.10 Å². The smallest absolute Gasteiger partial charge is 0.291 e. The number of fused-ring (bicyclic) bond motifs is 2. The lowest BCUT2D eigenvalue weighted by atomic mass is 10.2. The topological polar surface area (TPSA) is 74.9 Å². The van der Waals surface area contributed by atoms with Gasteiger partial charge in [0.15, 0.2) is 23.4 Å². The zero-order valence-corrected chi connectivity index (χ0v) is 17.8. The molecule has 5 rings (SSSR count). The largest absolute Gasteiger partial charge is 0.494 e. The molecule has 8 heteroatoms.